The SMILES string of the molecule is CCN(CC)C(=O)CN(c1c(F)cccc1F)S(C)(=O)=O. The van der Waals surface area contributed by atoms with Crippen molar-refractivity contribution >= 4 is 21.6 Å². The molecule has 1 aromatic rings. The Hall–Kier alpha value is -1.70. The number of anilines is 1. The highest BCUT2D eigenvalue weighted by molar-refractivity contribution is 7.92. The predicted octanol–water partition coefficient (Wildman–Crippen LogP) is 1.60. The van der Waals surface area contributed by atoms with Gasteiger partial charge in [-0.3, -0.25) is 9.10 Å². The summed E-state index contributed by atoms with van der Waals surface area (Å²) in [5, 5.41) is 0. The lowest BCUT2D eigenvalue weighted by molar-refractivity contribution is -0.129. The molecule has 0 aromatic heterocycles. The summed E-state index contributed by atoms with van der Waals surface area (Å²) in [6, 6.07) is 3.01. The molecular formula is C13H18F2N2O3S. The highest BCUT2D eigenvalue weighted by Crippen LogP contribution is 2.25. The summed E-state index contributed by atoms with van der Waals surface area (Å²) in [4.78, 5) is 13.4. The Kier molecular flexibility index (Phi) is 5.65. The molecule has 0 aliphatic rings. The number of nitrogens with zero attached hydrogens (tertiary/aromatic N) is 2. The first-order valence-electron chi connectivity index (χ1n) is 6.41. The monoisotopic (exact) mass is 320 g/mol. The Morgan fingerprint density at radius 1 is 1.14 bits per heavy atom. The summed E-state index contributed by atoms with van der Waals surface area (Å²) in [5.74, 6) is -2.59. The second-order valence-corrected chi connectivity index (χ2v) is 6.31. The normalized spacial score (nSPS) is 11.3. The topological polar surface area (TPSA) is 57.7 Å². The molecule has 0 bridgehead atoms. The van der Waals surface area contributed by atoms with Gasteiger partial charge in [-0.1, -0.05) is 6.07 Å². The molecule has 0 atom stereocenters. The van der Waals surface area contributed by atoms with Gasteiger partial charge in [-0.05, 0) is 26.0 Å². The van der Waals surface area contributed by atoms with E-state index in [0.717, 1.165) is 24.5 Å². The average molecular weight is 320 g/mol. The maximum atomic E-state index is 13.8. The van der Waals surface area contributed by atoms with E-state index >= 15 is 0 Å². The lowest BCUT2D eigenvalue weighted by Gasteiger charge is -2.26. The molecule has 21 heavy (non-hydrogen) atoms. The molecule has 0 saturated carbocycles. The molecule has 0 heterocycles. The Morgan fingerprint density at radius 3 is 2.00 bits per heavy atom. The number of carbonyl (C=O) groups is 1. The minimum Gasteiger partial charge on any atom is -0.342 e. The van der Waals surface area contributed by atoms with Gasteiger partial charge in [0.2, 0.25) is 15.9 Å². The summed E-state index contributed by atoms with van der Waals surface area (Å²) in [6.45, 7) is 3.59. The molecule has 0 N–H and O–H groups in total. The van der Waals surface area contributed by atoms with Gasteiger partial charge in [0.15, 0.2) is 11.6 Å². The van der Waals surface area contributed by atoms with Crippen LogP contribution in [-0.4, -0.2) is 45.1 Å². The molecule has 0 aliphatic carbocycles. The van der Waals surface area contributed by atoms with E-state index in [4.69, 9.17) is 0 Å². The third kappa shape index (κ3) is 4.13. The zero-order valence-electron chi connectivity index (χ0n) is 12.1. The van der Waals surface area contributed by atoms with Gasteiger partial charge in [-0.2, -0.15) is 0 Å². The Morgan fingerprint density at radius 2 is 1.62 bits per heavy atom. The third-order valence-electron chi connectivity index (χ3n) is 2.98. The predicted molar refractivity (Wildman–Crippen MR) is 76.5 cm³/mol. The van der Waals surface area contributed by atoms with E-state index in [1.54, 1.807) is 13.8 Å². The molecule has 1 rings (SSSR count). The maximum Gasteiger partial charge on any atom is 0.243 e. The van der Waals surface area contributed by atoms with E-state index in [9.17, 15) is 22.0 Å². The van der Waals surface area contributed by atoms with Crippen LogP contribution in [0.4, 0.5) is 14.5 Å². The van der Waals surface area contributed by atoms with Crippen LogP contribution in [-0.2, 0) is 14.8 Å². The molecule has 0 aliphatic heterocycles. The summed E-state index contributed by atoms with van der Waals surface area (Å²) in [5.41, 5.74) is -0.736. The van der Waals surface area contributed by atoms with Crippen molar-refractivity contribution in [1.29, 1.82) is 0 Å². The van der Waals surface area contributed by atoms with Gasteiger partial charge in [0.05, 0.1) is 6.26 Å². The lowest BCUT2D eigenvalue weighted by Crippen LogP contribution is -2.43. The molecule has 0 spiro atoms. The largest absolute Gasteiger partial charge is 0.342 e. The van der Waals surface area contributed by atoms with Crippen LogP contribution in [0.25, 0.3) is 0 Å². The molecule has 8 heteroatoms. The van der Waals surface area contributed by atoms with Crippen LogP contribution in [0, 0.1) is 11.6 Å². The van der Waals surface area contributed by atoms with Crippen LogP contribution in [0.1, 0.15) is 13.8 Å². The first-order valence-corrected chi connectivity index (χ1v) is 8.26. The highest BCUT2D eigenvalue weighted by atomic mass is 32.2. The molecule has 0 saturated heterocycles. The maximum absolute atomic E-state index is 13.8. The van der Waals surface area contributed by atoms with Crippen LogP contribution in [0.15, 0.2) is 18.2 Å². The number of sulfonamides is 1. The van der Waals surface area contributed by atoms with E-state index in [-0.39, 0.29) is 0 Å². The summed E-state index contributed by atoms with van der Waals surface area (Å²) < 4.78 is 51.6. The fourth-order valence-corrected chi connectivity index (χ4v) is 2.74. The van der Waals surface area contributed by atoms with Gasteiger partial charge in [-0.25, -0.2) is 17.2 Å². The lowest BCUT2D eigenvalue weighted by atomic mass is 10.3. The van der Waals surface area contributed by atoms with E-state index in [2.05, 4.69) is 0 Å². The molecule has 0 unspecified atom stereocenters. The third-order valence-corrected chi connectivity index (χ3v) is 4.09. The Balaban J connectivity index is 3.24. The number of hydrogen-bond donors (Lipinski definition) is 0. The van der Waals surface area contributed by atoms with E-state index in [1.807, 2.05) is 0 Å². The number of hydrogen-bond acceptors (Lipinski definition) is 3. The minimum absolute atomic E-state index is 0.382. The Labute approximate surface area is 123 Å². The molecule has 0 radical (unpaired) electrons. The Bertz CT molecular complexity index is 596. The number of likely N-dealkylation sites (N-methyl/N-ethyl adjacent to an activating group) is 1. The van der Waals surface area contributed by atoms with Gasteiger partial charge in [-0.15, -0.1) is 0 Å². The highest BCUT2D eigenvalue weighted by Gasteiger charge is 2.27. The fraction of sp³-hybridized carbons (Fsp3) is 0.462. The molecule has 1 amide bonds. The number of para-hydroxylation sites is 1. The zero-order valence-corrected chi connectivity index (χ0v) is 13.0. The van der Waals surface area contributed by atoms with Gasteiger partial charge in [0, 0.05) is 13.1 Å². The fourth-order valence-electron chi connectivity index (χ4n) is 1.89. The van der Waals surface area contributed by atoms with Crippen molar-refractivity contribution in [3.63, 3.8) is 0 Å². The van der Waals surface area contributed by atoms with Crippen molar-refractivity contribution in [2.24, 2.45) is 0 Å². The molecule has 118 valence electrons. The minimum atomic E-state index is -4.00. The first kappa shape index (κ1) is 17.4. The number of rotatable bonds is 6. The summed E-state index contributed by atoms with van der Waals surface area (Å²) in [7, 11) is -4.00. The van der Waals surface area contributed by atoms with Crippen LogP contribution >= 0.6 is 0 Å². The van der Waals surface area contributed by atoms with Gasteiger partial charge in [0.25, 0.3) is 0 Å². The van der Waals surface area contributed by atoms with Gasteiger partial charge < -0.3 is 4.90 Å². The molecule has 0 fully saturated rings. The quantitative estimate of drug-likeness (QED) is 0.800. The van der Waals surface area contributed by atoms with Gasteiger partial charge in [0.1, 0.15) is 12.2 Å². The number of amides is 1. The van der Waals surface area contributed by atoms with Crippen LogP contribution in [0.2, 0.25) is 0 Å². The van der Waals surface area contributed by atoms with E-state index < -0.39 is 39.8 Å². The number of carbonyl (C=O) groups excluding carboxylic acids is 1. The van der Waals surface area contributed by atoms with Gasteiger partial charge >= 0.3 is 0 Å². The van der Waals surface area contributed by atoms with Crippen molar-refractivity contribution in [3.05, 3.63) is 29.8 Å². The van der Waals surface area contributed by atoms with Crippen molar-refractivity contribution in [2.75, 3.05) is 30.2 Å². The van der Waals surface area contributed by atoms with Crippen molar-refractivity contribution < 1.29 is 22.0 Å². The van der Waals surface area contributed by atoms with Crippen molar-refractivity contribution in [3.8, 4) is 0 Å². The number of halogens is 2. The average Bonchev–Trinajstić information content (AvgIpc) is 2.37. The number of benzene rings is 1. The van der Waals surface area contributed by atoms with Crippen LogP contribution < -0.4 is 4.31 Å². The molecule has 5 nitrogen and oxygen atoms in total. The second kappa shape index (κ2) is 6.84. The molecular weight excluding hydrogens is 302 g/mol. The second-order valence-electron chi connectivity index (χ2n) is 4.41. The first-order chi connectivity index (χ1) is 9.72. The van der Waals surface area contributed by atoms with E-state index in [0.29, 0.717) is 17.4 Å². The van der Waals surface area contributed by atoms with Crippen molar-refractivity contribution in [1.82, 2.24) is 4.90 Å². The van der Waals surface area contributed by atoms with E-state index in [1.165, 1.54) is 4.90 Å². The smallest absolute Gasteiger partial charge is 0.243 e. The van der Waals surface area contributed by atoms with Crippen LogP contribution in [0.3, 0.4) is 0 Å². The summed E-state index contributed by atoms with van der Waals surface area (Å²) in [6.07, 6.45) is 0.800. The standard InChI is InChI=1S/C13H18F2N2O3S/c1-4-16(5-2)12(18)9-17(21(3,19)20)13-10(14)7-6-8-11(13)15/h6-8H,4-5,9H2,1-3H3. The van der Waals surface area contributed by atoms with Crippen LogP contribution in [0.5, 0.6) is 0 Å². The zero-order chi connectivity index (χ0) is 16.2. The van der Waals surface area contributed by atoms with Crippen molar-refractivity contribution in [2.45, 2.75) is 13.8 Å². The summed E-state index contributed by atoms with van der Waals surface area (Å²) >= 11 is 0. The molecule has 1 aromatic carbocycles.